The van der Waals surface area contributed by atoms with E-state index in [0.29, 0.717) is 0 Å². The Morgan fingerprint density at radius 2 is 1.53 bits per heavy atom. The van der Waals surface area contributed by atoms with Crippen molar-refractivity contribution in [3.8, 4) is 0 Å². The van der Waals surface area contributed by atoms with Gasteiger partial charge in [-0.1, -0.05) is 0 Å². The summed E-state index contributed by atoms with van der Waals surface area (Å²) >= 11 is -0.784. The minimum atomic E-state index is -0.784. The van der Waals surface area contributed by atoms with Gasteiger partial charge in [0.1, 0.15) is 0 Å². The standard InChI is InChI=1S/C12H25N.C3H7.Ga/c1-4-7-10-13(11-8-5-2)12-9-6-3;1-3-2;/h1-2,4-12H2,3H3;1,3H2,2H3;. The van der Waals surface area contributed by atoms with Crippen LogP contribution < -0.4 is 0 Å². The molecule has 1 fully saturated rings. The van der Waals surface area contributed by atoms with Crippen LogP contribution in [0.25, 0.3) is 0 Å². The minimum absolute atomic E-state index is 0.784. The van der Waals surface area contributed by atoms with Gasteiger partial charge in [-0.2, -0.15) is 0 Å². The van der Waals surface area contributed by atoms with Gasteiger partial charge in [-0.25, -0.2) is 0 Å². The summed E-state index contributed by atoms with van der Waals surface area (Å²) in [6, 6.07) is 0. The number of hydrogen-bond acceptors (Lipinski definition) is 1. The van der Waals surface area contributed by atoms with Crippen LogP contribution in [0.4, 0.5) is 0 Å². The summed E-state index contributed by atoms with van der Waals surface area (Å²) in [7, 11) is 0. The van der Waals surface area contributed by atoms with Crippen molar-refractivity contribution in [2.75, 3.05) is 19.6 Å². The van der Waals surface area contributed by atoms with E-state index >= 15 is 0 Å². The molecule has 0 aromatic rings. The molecule has 1 rings (SSSR count). The summed E-state index contributed by atoms with van der Waals surface area (Å²) in [5, 5.41) is 0. The summed E-state index contributed by atoms with van der Waals surface area (Å²) in [6.07, 6.45) is 10.3. The molecule has 0 unspecified atom stereocenters. The van der Waals surface area contributed by atoms with E-state index in [1.54, 1.807) is 27.8 Å². The molecule has 0 amide bonds. The van der Waals surface area contributed by atoms with Crippen molar-refractivity contribution in [3.63, 3.8) is 0 Å². The zero-order valence-corrected chi connectivity index (χ0v) is 14.6. The van der Waals surface area contributed by atoms with E-state index in [-0.39, 0.29) is 0 Å². The van der Waals surface area contributed by atoms with E-state index in [2.05, 4.69) is 18.7 Å². The van der Waals surface area contributed by atoms with Gasteiger partial charge in [-0.05, 0) is 0 Å². The van der Waals surface area contributed by atoms with Crippen molar-refractivity contribution in [1.82, 2.24) is 4.90 Å². The van der Waals surface area contributed by atoms with Crippen LogP contribution in [0.15, 0.2) is 0 Å². The molecule has 1 saturated heterocycles. The molecule has 1 aliphatic heterocycles. The summed E-state index contributed by atoms with van der Waals surface area (Å²) in [5.74, 6) is 0. The van der Waals surface area contributed by atoms with Crippen molar-refractivity contribution >= 4 is 16.2 Å². The van der Waals surface area contributed by atoms with E-state index in [9.17, 15) is 0 Å². The van der Waals surface area contributed by atoms with E-state index in [0.717, 1.165) is 0 Å². The first-order chi connectivity index (χ1) is 8.36. The molecule has 2 heteroatoms. The Morgan fingerprint density at radius 1 is 0.882 bits per heavy atom. The van der Waals surface area contributed by atoms with E-state index in [1.807, 2.05) is 0 Å². The Kier molecular flexibility index (Phi) is 9.68. The fraction of sp³-hybridized carbons (Fsp3) is 1.00. The SMILES string of the molecule is CCCCN1CCC[CH2][Ga]([CH2]CC)[CH2]CCC1. The molecule has 0 aromatic carbocycles. The van der Waals surface area contributed by atoms with Gasteiger partial charge in [0.25, 0.3) is 0 Å². The van der Waals surface area contributed by atoms with Crippen LogP contribution >= 0.6 is 0 Å². The van der Waals surface area contributed by atoms with Gasteiger partial charge in [0.15, 0.2) is 0 Å². The second-order valence-corrected chi connectivity index (χ2v) is 13.1. The molecule has 0 bridgehead atoms. The van der Waals surface area contributed by atoms with Gasteiger partial charge in [0.2, 0.25) is 0 Å². The molecule has 1 aliphatic rings. The average Bonchev–Trinajstić information content (AvgIpc) is 2.35. The monoisotopic (exact) mass is 295 g/mol. The van der Waals surface area contributed by atoms with Crippen LogP contribution in [0.1, 0.15) is 58.8 Å². The maximum atomic E-state index is 2.73. The molecule has 0 aliphatic carbocycles. The van der Waals surface area contributed by atoms with Crippen molar-refractivity contribution < 1.29 is 0 Å². The average molecular weight is 296 g/mol. The number of rotatable bonds is 5. The first kappa shape index (κ1) is 15.7. The summed E-state index contributed by atoms with van der Waals surface area (Å²) in [4.78, 5) is 7.76. The van der Waals surface area contributed by atoms with Crippen molar-refractivity contribution in [1.29, 1.82) is 0 Å². The third kappa shape index (κ3) is 7.58. The van der Waals surface area contributed by atoms with Gasteiger partial charge < -0.3 is 0 Å². The molecule has 0 saturated carbocycles. The third-order valence-electron chi connectivity index (χ3n) is 4.20. The zero-order chi connectivity index (χ0) is 12.3. The van der Waals surface area contributed by atoms with Gasteiger partial charge in [-0.15, -0.1) is 0 Å². The molecule has 17 heavy (non-hydrogen) atoms. The maximum absolute atomic E-state index is 2.73. The summed E-state index contributed by atoms with van der Waals surface area (Å²) in [5.41, 5.74) is 0. The van der Waals surface area contributed by atoms with Gasteiger partial charge in [0, 0.05) is 0 Å². The quantitative estimate of drug-likeness (QED) is 0.672. The third-order valence-corrected chi connectivity index (χ3v) is 12.3. The van der Waals surface area contributed by atoms with E-state index in [1.165, 1.54) is 51.7 Å². The Morgan fingerprint density at radius 3 is 2.06 bits per heavy atom. The number of nitrogens with zero attached hydrogens (tertiary/aromatic N) is 1. The van der Waals surface area contributed by atoms with Gasteiger partial charge in [0.05, 0.1) is 0 Å². The van der Waals surface area contributed by atoms with Crippen LogP contribution in [0.5, 0.6) is 0 Å². The fourth-order valence-corrected chi connectivity index (χ4v) is 10.3. The van der Waals surface area contributed by atoms with Crippen LogP contribution in [-0.2, 0) is 0 Å². The summed E-state index contributed by atoms with van der Waals surface area (Å²) in [6.45, 7) is 8.83. The van der Waals surface area contributed by atoms with Crippen molar-refractivity contribution in [2.45, 2.75) is 73.7 Å². The van der Waals surface area contributed by atoms with Gasteiger partial charge >= 0.3 is 114 Å². The summed E-state index contributed by atoms with van der Waals surface area (Å²) < 4.78 is 0. The molecular formula is C15H32GaN. The molecule has 0 N–H and O–H groups in total. The Balaban J connectivity index is 2.24. The molecule has 0 aromatic heterocycles. The molecule has 1 nitrogen and oxygen atoms in total. The van der Waals surface area contributed by atoms with Crippen LogP contribution in [0, 0.1) is 0 Å². The van der Waals surface area contributed by atoms with E-state index in [4.69, 9.17) is 0 Å². The number of unbranched alkanes of at least 4 members (excludes halogenated alkanes) is 1. The van der Waals surface area contributed by atoms with Gasteiger partial charge in [-0.3, -0.25) is 0 Å². The fourth-order valence-electron chi connectivity index (χ4n) is 3.10. The first-order valence-corrected chi connectivity index (χ1v) is 13.2. The molecular weight excluding hydrogens is 264 g/mol. The Bertz CT molecular complexity index is 160. The predicted molar refractivity (Wildman–Crippen MR) is 80.3 cm³/mol. The molecule has 1 heterocycles. The van der Waals surface area contributed by atoms with Crippen molar-refractivity contribution in [3.05, 3.63) is 0 Å². The zero-order valence-electron chi connectivity index (χ0n) is 12.2. The second-order valence-electron chi connectivity index (χ2n) is 5.84. The second kappa shape index (κ2) is 10.5. The number of hydrogen-bond donors (Lipinski definition) is 0. The predicted octanol–water partition coefficient (Wildman–Crippen LogP) is 4.57. The molecule has 100 valence electrons. The van der Waals surface area contributed by atoms with E-state index < -0.39 is 16.2 Å². The van der Waals surface area contributed by atoms with Crippen LogP contribution in [0.2, 0.25) is 14.9 Å². The topological polar surface area (TPSA) is 3.24 Å². The van der Waals surface area contributed by atoms with Crippen LogP contribution in [0.3, 0.4) is 0 Å². The Labute approximate surface area is 114 Å². The molecule has 0 radical (unpaired) electrons. The normalized spacial score (nSPS) is 20.5. The first-order valence-electron chi connectivity index (χ1n) is 8.09. The molecule has 0 spiro atoms. The van der Waals surface area contributed by atoms with Crippen molar-refractivity contribution in [2.24, 2.45) is 0 Å². The Hall–Kier alpha value is 0.596. The molecule has 0 atom stereocenters. The van der Waals surface area contributed by atoms with Crippen LogP contribution in [-0.4, -0.2) is 40.8 Å².